The Balaban J connectivity index is 1.44. The number of halogens is 2. The van der Waals surface area contributed by atoms with E-state index in [9.17, 15) is 24.3 Å². The number of carboxylic acids is 2. The minimum absolute atomic E-state index is 0.0127. The number of Topliss-reactive ketones (excluding diaryl/α,β-unsaturated/α-hetero) is 2. The van der Waals surface area contributed by atoms with E-state index >= 15 is 8.78 Å². The maximum absolute atomic E-state index is 15.5. The highest BCUT2D eigenvalue weighted by molar-refractivity contribution is 7.20. The summed E-state index contributed by atoms with van der Waals surface area (Å²) in [5.74, 6) is -5.53. The third-order valence-corrected chi connectivity index (χ3v) is 8.04. The average molecular weight is 661 g/mol. The molecule has 4 rings (SSSR count). The number of fused-ring (bicyclic) bond motifs is 2. The molecule has 0 unspecified atom stereocenters. The van der Waals surface area contributed by atoms with Crippen LogP contribution >= 0.6 is 11.3 Å². The van der Waals surface area contributed by atoms with Crippen molar-refractivity contribution in [3.05, 3.63) is 46.7 Å². The van der Waals surface area contributed by atoms with Crippen LogP contribution < -0.4 is 18.9 Å². The number of hydrogen-bond acceptors (Lipinski definition) is 11. The monoisotopic (exact) mass is 660 g/mol. The number of carbonyl (C=O) groups is 4. The number of hydrogen-bond donors (Lipinski definition) is 2. The van der Waals surface area contributed by atoms with Crippen molar-refractivity contribution in [2.45, 2.75) is 39.5 Å². The van der Waals surface area contributed by atoms with Crippen molar-refractivity contribution >= 4 is 55.8 Å². The molecular weight excluding hydrogens is 630 g/mol. The molecule has 0 fully saturated rings. The van der Waals surface area contributed by atoms with E-state index in [4.69, 9.17) is 24.1 Å². The zero-order valence-corrected chi connectivity index (χ0v) is 26.1. The molecule has 46 heavy (non-hydrogen) atoms. The lowest BCUT2D eigenvalue weighted by molar-refractivity contribution is -0.146. The number of carbonyl (C=O) groups excluding carboxylic acids is 2. The lowest BCUT2D eigenvalue weighted by Gasteiger charge is -2.16. The van der Waals surface area contributed by atoms with E-state index < -0.39 is 47.0 Å². The lowest BCUT2D eigenvalue weighted by atomic mass is 9.87. The van der Waals surface area contributed by atoms with Crippen LogP contribution in [-0.4, -0.2) is 71.1 Å². The Morgan fingerprint density at radius 1 is 0.870 bits per heavy atom. The van der Waals surface area contributed by atoms with Crippen molar-refractivity contribution < 1.29 is 57.1 Å². The van der Waals surface area contributed by atoms with Crippen molar-refractivity contribution in [1.29, 1.82) is 0 Å². The molecule has 0 saturated carbocycles. The highest BCUT2D eigenvalue weighted by atomic mass is 32.1. The van der Waals surface area contributed by atoms with Gasteiger partial charge in [-0.1, -0.05) is 0 Å². The van der Waals surface area contributed by atoms with Gasteiger partial charge in [-0.2, -0.15) is 0 Å². The van der Waals surface area contributed by atoms with Crippen LogP contribution in [0.25, 0.3) is 21.0 Å². The number of nitrogens with zero attached hydrogens (tertiary/aromatic N) is 2. The maximum Gasteiger partial charge on any atom is 0.309 e. The SMILES string of the molecule is COc1cc2nc(C(=O)CCC(=O)O)ncc2c(F)c1OCCCOc1c(OC)cc2sc(C(=O)CC(C)(C)C(=O)O)cc2c1F. The fraction of sp³-hybridized carbons (Fsp3) is 0.355. The van der Waals surface area contributed by atoms with Gasteiger partial charge in [0, 0.05) is 47.7 Å². The van der Waals surface area contributed by atoms with Crippen LogP contribution in [0.3, 0.4) is 0 Å². The lowest BCUT2D eigenvalue weighted by Crippen LogP contribution is -2.26. The van der Waals surface area contributed by atoms with E-state index in [2.05, 4.69) is 9.97 Å². The van der Waals surface area contributed by atoms with E-state index in [1.165, 1.54) is 46.3 Å². The van der Waals surface area contributed by atoms with Crippen LogP contribution in [0.4, 0.5) is 8.78 Å². The fourth-order valence-corrected chi connectivity index (χ4v) is 5.37. The van der Waals surface area contributed by atoms with E-state index in [0.29, 0.717) is 4.70 Å². The second kappa shape index (κ2) is 14.0. The normalized spacial score (nSPS) is 11.4. The van der Waals surface area contributed by atoms with Gasteiger partial charge >= 0.3 is 11.9 Å². The summed E-state index contributed by atoms with van der Waals surface area (Å²) in [5.41, 5.74) is -1.23. The van der Waals surface area contributed by atoms with Crippen molar-refractivity contribution in [2.75, 3.05) is 27.4 Å². The summed E-state index contributed by atoms with van der Waals surface area (Å²) in [6.07, 6.45) is 0.304. The molecule has 0 aliphatic carbocycles. The molecular formula is C31H30F2N2O10S. The topological polar surface area (TPSA) is 171 Å². The largest absolute Gasteiger partial charge is 0.493 e. The minimum Gasteiger partial charge on any atom is -0.493 e. The third kappa shape index (κ3) is 7.30. The van der Waals surface area contributed by atoms with Gasteiger partial charge in [0.2, 0.25) is 5.78 Å². The first-order valence-electron chi connectivity index (χ1n) is 13.9. The number of benzene rings is 2. The number of rotatable bonds is 16. The van der Waals surface area contributed by atoms with E-state index in [1.54, 1.807) is 0 Å². The molecule has 2 aromatic carbocycles. The summed E-state index contributed by atoms with van der Waals surface area (Å²) >= 11 is 1.02. The Kier molecular flexibility index (Phi) is 10.4. The molecule has 0 aliphatic rings. The average Bonchev–Trinajstić information content (AvgIpc) is 3.45. The van der Waals surface area contributed by atoms with Crippen LogP contribution in [0, 0.1) is 17.0 Å². The molecule has 15 heteroatoms. The van der Waals surface area contributed by atoms with Gasteiger partial charge < -0.3 is 29.2 Å². The maximum atomic E-state index is 15.5. The van der Waals surface area contributed by atoms with Crippen LogP contribution in [0.1, 0.15) is 59.8 Å². The minimum atomic E-state index is -1.29. The number of ketones is 2. The molecule has 2 aromatic heterocycles. The number of aromatic nitrogens is 2. The van der Waals surface area contributed by atoms with Gasteiger partial charge in [-0.3, -0.25) is 19.2 Å². The highest BCUT2D eigenvalue weighted by Crippen LogP contribution is 2.41. The van der Waals surface area contributed by atoms with E-state index in [-0.39, 0.29) is 82.5 Å². The first-order valence-corrected chi connectivity index (χ1v) is 14.7. The Hall–Kier alpha value is -4.92. The molecule has 0 saturated heterocycles. The van der Waals surface area contributed by atoms with Gasteiger partial charge in [0.1, 0.15) is 0 Å². The van der Waals surface area contributed by atoms with Crippen molar-refractivity contribution in [2.24, 2.45) is 5.41 Å². The van der Waals surface area contributed by atoms with Crippen LogP contribution in [0.15, 0.2) is 24.4 Å². The second-order valence-electron chi connectivity index (χ2n) is 10.7. The summed E-state index contributed by atoms with van der Waals surface area (Å²) in [5, 5.41) is 18.2. The first-order chi connectivity index (χ1) is 21.8. The second-order valence-corrected chi connectivity index (χ2v) is 11.8. The number of carboxylic acid groups (broad SMARTS) is 2. The van der Waals surface area contributed by atoms with Gasteiger partial charge in [-0.15, -0.1) is 11.3 Å². The molecule has 244 valence electrons. The standard InChI is InChI=1S/C31H30F2N2O10S/c1-31(2,30(40)41)13-19(37)23-10-15-22(46-23)12-21(43-4)28(25(15)32)45-9-5-8-44-27-20(42-3)11-17-16(26(27)33)14-34-29(35-17)18(36)6-7-24(38)39/h10-12,14H,5-9,13H2,1-4H3,(H,38,39)(H,40,41). The van der Waals surface area contributed by atoms with Crippen LogP contribution in [0.5, 0.6) is 23.0 Å². The molecule has 4 aromatic rings. The predicted octanol–water partition coefficient (Wildman–Crippen LogP) is 5.72. The smallest absolute Gasteiger partial charge is 0.309 e. The summed E-state index contributed by atoms with van der Waals surface area (Å²) in [6.45, 7) is 2.73. The predicted molar refractivity (Wildman–Crippen MR) is 162 cm³/mol. The first kappa shape index (κ1) is 34.0. The van der Waals surface area contributed by atoms with Crippen molar-refractivity contribution in [3.63, 3.8) is 0 Å². The summed E-state index contributed by atoms with van der Waals surface area (Å²) in [7, 11) is 2.62. The van der Waals surface area contributed by atoms with Crippen molar-refractivity contribution in [1.82, 2.24) is 9.97 Å². The van der Waals surface area contributed by atoms with Gasteiger partial charge in [0.15, 0.2) is 46.2 Å². The molecule has 0 aliphatic heterocycles. The number of ether oxygens (including phenoxy) is 4. The zero-order chi connectivity index (χ0) is 33.8. The highest BCUT2D eigenvalue weighted by Gasteiger charge is 2.31. The van der Waals surface area contributed by atoms with Crippen molar-refractivity contribution in [3.8, 4) is 23.0 Å². The molecule has 0 amide bonds. The third-order valence-electron chi connectivity index (χ3n) is 6.92. The Morgan fingerprint density at radius 3 is 2.07 bits per heavy atom. The molecule has 12 nitrogen and oxygen atoms in total. The zero-order valence-electron chi connectivity index (χ0n) is 25.3. The number of methoxy groups -OCH3 is 2. The Morgan fingerprint density at radius 2 is 1.48 bits per heavy atom. The molecule has 0 radical (unpaired) electrons. The fourth-order valence-electron chi connectivity index (χ4n) is 4.34. The van der Waals surface area contributed by atoms with Gasteiger partial charge in [-0.05, 0) is 19.9 Å². The van der Waals surface area contributed by atoms with Gasteiger partial charge in [0.25, 0.3) is 0 Å². The summed E-state index contributed by atoms with van der Waals surface area (Å²) < 4.78 is 53.1. The summed E-state index contributed by atoms with van der Waals surface area (Å²) in [6, 6.07) is 4.24. The molecule has 0 spiro atoms. The molecule has 2 N–H and O–H groups in total. The van der Waals surface area contributed by atoms with Gasteiger partial charge in [-0.25, -0.2) is 18.7 Å². The quantitative estimate of drug-likeness (QED) is 0.111. The van der Waals surface area contributed by atoms with E-state index in [1.807, 2.05) is 0 Å². The van der Waals surface area contributed by atoms with Crippen LogP contribution in [0.2, 0.25) is 0 Å². The van der Waals surface area contributed by atoms with E-state index in [0.717, 1.165) is 17.5 Å². The Bertz CT molecular complexity index is 1840. The molecule has 2 heterocycles. The van der Waals surface area contributed by atoms with Crippen LogP contribution in [-0.2, 0) is 9.59 Å². The number of aliphatic carboxylic acids is 2. The Labute approximate surface area is 264 Å². The summed E-state index contributed by atoms with van der Waals surface area (Å²) in [4.78, 5) is 55.3. The molecule has 0 atom stereocenters. The molecule has 0 bridgehead atoms. The number of thiophene rings is 1. The van der Waals surface area contributed by atoms with Gasteiger partial charge in [0.05, 0.1) is 55.0 Å².